The Hall–Kier alpha value is -2.38. The van der Waals surface area contributed by atoms with Crippen LogP contribution in [-0.2, 0) is 9.59 Å². The maximum atomic E-state index is 12.5. The summed E-state index contributed by atoms with van der Waals surface area (Å²) in [5.41, 5.74) is 2.94. The normalized spacial score (nSPS) is 15.8. The second-order valence-corrected chi connectivity index (χ2v) is 7.57. The molecular weight excluding hydrogens is 368 g/mol. The average molecular weight is 386 g/mol. The summed E-state index contributed by atoms with van der Waals surface area (Å²) in [6, 6.07) is 9.29. The second kappa shape index (κ2) is 7.88. The molecule has 26 heavy (non-hydrogen) atoms. The van der Waals surface area contributed by atoms with Crippen LogP contribution >= 0.6 is 24.0 Å². The van der Waals surface area contributed by atoms with E-state index >= 15 is 0 Å². The SMILES string of the molecule is Cc1cccc(NC(=O)CCN2C(=O)C(=Cc3ccco3)SC2=S)c1C. The molecule has 0 spiro atoms. The Balaban J connectivity index is 1.60. The topological polar surface area (TPSA) is 62.6 Å². The summed E-state index contributed by atoms with van der Waals surface area (Å²) < 4.78 is 5.68. The Kier molecular flexibility index (Phi) is 5.58. The lowest BCUT2D eigenvalue weighted by Crippen LogP contribution is -2.31. The van der Waals surface area contributed by atoms with Gasteiger partial charge in [0, 0.05) is 24.7 Å². The van der Waals surface area contributed by atoms with E-state index in [4.69, 9.17) is 16.6 Å². The number of nitrogens with zero attached hydrogens (tertiary/aromatic N) is 1. The number of nitrogens with one attached hydrogen (secondary N) is 1. The van der Waals surface area contributed by atoms with Crippen molar-refractivity contribution in [2.45, 2.75) is 20.3 Å². The lowest BCUT2D eigenvalue weighted by atomic mass is 10.1. The van der Waals surface area contributed by atoms with E-state index in [1.807, 2.05) is 32.0 Å². The molecule has 0 unspecified atom stereocenters. The third-order valence-electron chi connectivity index (χ3n) is 4.13. The van der Waals surface area contributed by atoms with Gasteiger partial charge >= 0.3 is 0 Å². The van der Waals surface area contributed by atoms with Crippen molar-refractivity contribution in [3.05, 3.63) is 58.4 Å². The van der Waals surface area contributed by atoms with Crippen molar-refractivity contribution in [1.29, 1.82) is 0 Å². The Labute approximate surface area is 161 Å². The van der Waals surface area contributed by atoms with E-state index in [9.17, 15) is 9.59 Å². The monoisotopic (exact) mass is 386 g/mol. The van der Waals surface area contributed by atoms with Crippen LogP contribution < -0.4 is 5.32 Å². The molecule has 5 nitrogen and oxygen atoms in total. The zero-order chi connectivity index (χ0) is 18.7. The van der Waals surface area contributed by atoms with Crippen LogP contribution in [0.25, 0.3) is 6.08 Å². The molecule has 1 fully saturated rings. The van der Waals surface area contributed by atoms with Crippen LogP contribution in [0.3, 0.4) is 0 Å². The molecular formula is C19H18N2O3S2. The smallest absolute Gasteiger partial charge is 0.266 e. The van der Waals surface area contributed by atoms with Gasteiger partial charge in [0.15, 0.2) is 0 Å². The van der Waals surface area contributed by atoms with Crippen LogP contribution in [-0.4, -0.2) is 27.6 Å². The van der Waals surface area contributed by atoms with E-state index in [1.54, 1.807) is 24.5 Å². The highest BCUT2D eigenvalue weighted by atomic mass is 32.2. The van der Waals surface area contributed by atoms with Gasteiger partial charge in [-0.15, -0.1) is 0 Å². The van der Waals surface area contributed by atoms with Gasteiger partial charge in [-0.25, -0.2) is 0 Å². The Morgan fingerprint density at radius 1 is 1.31 bits per heavy atom. The maximum Gasteiger partial charge on any atom is 0.266 e. The molecule has 3 rings (SSSR count). The first-order valence-electron chi connectivity index (χ1n) is 8.10. The van der Waals surface area contributed by atoms with Gasteiger partial charge < -0.3 is 9.73 Å². The second-order valence-electron chi connectivity index (χ2n) is 5.89. The zero-order valence-corrected chi connectivity index (χ0v) is 16.1. The van der Waals surface area contributed by atoms with Crippen LogP contribution in [0.5, 0.6) is 0 Å². The predicted octanol–water partition coefficient (Wildman–Crippen LogP) is 4.13. The third-order valence-corrected chi connectivity index (χ3v) is 5.51. The van der Waals surface area contributed by atoms with Crippen molar-refractivity contribution in [1.82, 2.24) is 4.90 Å². The number of carbonyl (C=O) groups is 2. The summed E-state index contributed by atoms with van der Waals surface area (Å²) >= 11 is 6.49. The molecule has 1 saturated heterocycles. The number of aryl methyl sites for hydroxylation is 1. The summed E-state index contributed by atoms with van der Waals surface area (Å²) in [7, 11) is 0. The van der Waals surface area contributed by atoms with E-state index < -0.39 is 0 Å². The van der Waals surface area contributed by atoms with Gasteiger partial charge in [-0.1, -0.05) is 36.1 Å². The quantitative estimate of drug-likeness (QED) is 0.618. The van der Waals surface area contributed by atoms with E-state index in [-0.39, 0.29) is 24.8 Å². The number of carbonyl (C=O) groups excluding carboxylic acids is 2. The largest absolute Gasteiger partial charge is 0.465 e. The molecule has 134 valence electrons. The minimum atomic E-state index is -0.198. The highest BCUT2D eigenvalue weighted by molar-refractivity contribution is 8.26. The molecule has 2 amide bonds. The molecule has 1 aromatic carbocycles. The number of thioether (sulfide) groups is 1. The van der Waals surface area contributed by atoms with Crippen LogP contribution in [0.4, 0.5) is 5.69 Å². The minimum absolute atomic E-state index is 0.150. The molecule has 1 aliphatic rings. The molecule has 0 atom stereocenters. The summed E-state index contributed by atoms with van der Waals surface area (Å²) in [6.45, 7) is 4.21. The molecule has 0 aliphatic carbocycles. The summed E-state index contributed by atoms with van der Waals surface area (Å²) in [5, 5.41) is 2.90. The third kappa shape index (κ3) is 4.05. The Morgan fingerprint density at radius 3 is 2.85 bits per heavy atom. The molecule has 0 saturated carbocycles. The highest BCUT2D eigenvalue weighted by Crippen LogP contribution is 2.32. The van der Waals surface area contributed by atoms with Gasteiger partial charge in [0.1, 0.15) is 10.1 Å². The van der Waals surface area contributed by atoms with Crippen molar-refractivity contribution in [2.75, 3.05) is 11.9 Å². The first-order chi connectivity index (χ1) is 12.5. The molecule has 1 aromatic heterocycles. The first-order valence-corrected chi connectivity index (χ1v) is 9.33. The summed E-state index contributed by atoms with van der Waals surface area (Å²) in [4.78, 5) is 26.7. The highest BCUT2D eigenvalue weighted by Gasteiger charge is 2.32. The number of thiocarbonyl (C=S) groups is 1. The fourth-order valence-corrected chi connectivity index (χ4v) is 3.80. The van der Waals surface area contributed by atoms with E-state index in [2.05, 4.69) is 5.32 Å². The molecule has 0 bridgehead atoms. The van der Waals surface area contributed by atoms with Gasteiger partial charge in [0.05, 0.1) is 11.2 Å². The number of amides is 2. The van der Waals surface area contributed by atoms with Crippen LogP contribution in [0.1, 0.15) is 23.3 Å². The molecule has 0 radical (unpaired) electrons. The average Bonchev–Trinajstić information content (AvgIpc) is 3.20. The van der Waals surface area contributed by atoms with Gasteiger partial charge in [-0.2, -0.15) is 0 Å². The van der Waals surface area contributed by atoms with Crippen molar-refractivity contribution >= 4 is 51.9 Å². The molecule has 1 N–H and O–H groups in total. The van der Waals surface area contributed by atoms with Crippen molar-refractivity contribution in [3.8, 4) is 0 Å². The minimum Gasteiger partial charge on any atom is -0.465 e. The van der Waals surface area contributed by atoms with Gasteiger partial charge in [-0.3, -0.25) is 14.5 Å². The number of hydrogen-bond donors (Lipinski definition) is 1. The van der Waals surface area contributed by atoms with E-state index in [0.717, 1.165) is 16.8 Å². The predicted molar refractivity (Wildman–Crippen MR) is 108 cm³/mol. The van der Waals surface area contributed by atoms with Gasteiger partial charge in [-0.05, 0) is 43.2 Å². The standard InChI is InChI=1S/C19H18N2O3S2/c1-12-5-3-7-15(13(12)2)20-17(22)8-9-21-18(23)16(26-19(21)25)11-14-6-4-10-24-14/h3-7,10-11H,8-9H2,1-2H3,(H,20,22). The van der Waals surface area contributed by atoms with Crippen LogP contribution in [0.15, 0.2) is 45.9 Å². The van der Waals surface area contributed by atoms with Gasteiger partial charge in [0.2, 0.25) is 5.91 Å². The number of rotatable bonds is 5. The van der Waals surface area contributed by atoms with Crippen LogP contribution in [0.2, 0.25) is 0 Å². The van der Waals surface area contributed by atoms with Crippen molar-refractivity contribution in [3.63, 3.8) is 0 Å². The Morgan fingerprint density at radius 2 is 2.12 bits per heavy atom. The van der Waals surface area contributed by atoms with E-state index in [1.165, 1.54) is 16.7 Å². The fraction of sp³-hybridized carbons (Fsp3) is 0.211. The van der Waals surface area contributed by atoms with Crippen LogP contribution in [0, 0.1) is 13.8 Å². The summed E-state index contributed by atoms with van der Waals surface area (Å²) in [5.74, 6) is 0.247. The molecule has 7 heteroatoms. The van der Waals surface area contributed by atoms with E-state index in [0.29, 0.717) is 15.0 Å². The molecule has 2 heterocycles. The number of anilines is 1. The molecule has 1 aliphatic heterocycles. The number of benzene rings is 1. The van der Waals surface area contributed by atoms with Crippen molar-refractivity contribution in [2.24, 2.45) is 0 Å². The van der Waals surface area contributed by atoms with Gasteiger partial charge in [0.25, 0.3) is 5.91 Å². The van der Waals surface area contributed by atoms with Crippen molar-refractivity contribution < 1.29 is 14.0 Å². The lowest BCUT2D eigenvalue weighted by Gasteiger charge is -2.15. The number of hydrogen-bond acceptors (Lipinski definition) is 5. The lowest BCUT2D eigenvalue weighted by molar-refractivity contribution is -0.122. The summed E-state index contributed by atoms with van der Waals surface area (Å²) in [6.07, 6.45) is 3.38. The zero-order valence-electron chi connectivity index (χ0n) is 14.4. The number of furan rings is 1. The Bertz CT molecular complexity index is 888. The maximum absolute atomic E-state index is 12.5. The first kappa shape index (κ1) is 18.4. The molecule has 2 aromatic rings. The fourth-order valence-electron chi connectivity index (χ4n) is 2.51.